The lowest BCUT2D eigenvalue weighted by Crippen LogP contribution is -2.30. The summed E-state index contributed by atoms with van der Waals surface area (Å²) >= 11 is 0. The molecule has 0 aliphatic rings. The summed E-state index contributed by atoms with van der Waals surface area (Å²) in [5.74, 6) is 1.24. The minimum Gasteiger partial charge on any atom is -0.489 e. The minimum absolute atomic E-state index is 0.00517. The maximum atomic E-state index is 11.5. The zero-order valence-electron chi connectivity index (χ0n) is 13.0. The second kappa shape index (κ2) is 9.48. The molecule has 0 unspecified atom stereocenters. The number of hydrogen-bond acceptors (Lipinski definition) is 4. The fourth-order valence-electron chi connectivity index (χ4n) is 1.90. The van der Waals surface area contributed by atoms with Gasteiger partial charge < -0.3 is 20.5 Å². The fraction of sp³-hybridized carbons (Fsp3) is 0.278. The third-order valence-corrected chi connectivity index (χ3v) is 3.15. The number of ether oxygens (including phenoxy) is 2. The molecule has 0 bridgehead atoms. The van der Waals surface area contributed by atoms with Crippen LogP contribution in [0.3, 0.4) is 0 Å². The predicted octanol–water partition coefficient (Wildman–Crippen LogP) is 2.11. The Morgan fingerprint density at radius 1 is 0.957 bits per heavy atom. The summed E-state index contributed by atoms with van der Waals surface area (Å²) in [6.45, 7) is 1.65. The van der Waals surface area contributed by atoms with E-state index in [0.717, 1.165) is 17.7 Å². The Balaban J connectivity index is 1.72. The van der Waals surface area contributed by atoms with Crippen LogP contribution in [0.4, 0.5) is 0 Å². The molecule has 5 nitrogen and oxygen atoms in total. The molecule has 0 atom stereocenters. The van der Waals surface area contributed by atoms with Crippen LogP contribution in [0.5, 0.6) is 11.5 Å². The van der Waals surface area contributed by atoms with Gasteiger partial charge in [0.15, 0.2) is 6.61 Å². The minimum atomic E-state index is -0.150. The van der Waals surface area contributed by atoms with E-state index in [1.165, 1.54) is 0 Å². The molecule has 2 aromatic carbocycles. The third-order valence-electron chi connectivity index (χ3n) is 3.15. The van der Waals surface area contributed by atoms with Gasteiger partial charge in [0, 0.05) is 6.54 Å². The lowest BCUT2D eigenvalue weighted by Gasteiger charge is -2.09. The Labute approximate surface area is 136 Å². The van der Waals surface area contributed by atoms with Crippen LogP contribution in [0.2, 0.25) is 0 Å². The quantitative estimate of drug-likeness (QED) is 0.695. The highest BCUT2D eigenvalue weighted by molar-refractivity contribution is 5.77. The highest BCUT2D eigenvalue weighted by Gasteiger charge is 2.02. The van der Waals surface area contributed by atoms with Gasteiger partial charge in [-0.05, 0) is 42.8 Å². The molecule has 0 saturated carbocycles. The van der Waals surface area contributed by atoms with Gasteiger partial charge in [-0.1, -0.05) is 30.3 Å². The van der Waals surface area contributed by atoms with Crippen molar-refractivity contribution in [3.63, 3.8) is 0 Å². The molecule has 0 fully saturated rings. The van der Waals surface area contributed by atoms with Crippen molar-refractivity contribution in [3.05, 3.63) is 60.2 Å². The van der Waals surface area contributed by atoms with Crippen LogP contribution >= 0.6 is 0 Å². The average molecular weight is 314 g/mol. The van der Waals surface area contributed by atoms with Gasteiger partial charge in [-0.25, -0.2) is 0 Å². The summed E-state index contributed by atoms with van der Waals surface area (Å²) in [5.41, 5.74) is 6.47. The molecule has 3 N–H and O–H groups in total. The van der Waals surface area contributed by atoms with E-state index >= 15 is 0 Å². The largest absolute Gasteiger partial charge is 0.489 e. The lowest BCUT2D eigenvalue weighted by molar-refractivity contribution is -0.123. The van der Waals surface area contributed by atoms with Crippen molar-refractivity contribution in [3.8, 4) is 11.5 Å². The van der Waals surface area contributed by atoms with E-state index in [1.54, 1.807) is 12.1 Å². The van der Waals surface area contributed by atoms with Gasteiger partial charge in [-0.3, -0.25) is 4.79 Å². The van der Waals surface area contributed by atoms with Crippen molar-refractivity contribution < 1.29 is 14.3 Å². The third kappa shape index (κ3) is 6.40. The molecule has 0 radical (unpaired) electrons. The summed E-state index contributed by atoms with van der Waals surface area (Å²) in [4.78, 5) is 11.5. The first-order valence-corrected chi connectivity index (χ1v) is 7.64. The maximum absolute atomic E-state index is 11.5. The normalized spacial score (nSPS) is 10.1. The maximum Gasteiger partial charge on any atom is 0.257 e. The average Bonchev–Trinajstić information content (AvgIpc) is 2.60. The Morgan fingerprint density at radius 3 is 2.26 bits per heavy atom. The van der Waals surface area contributed by atoms with Crippen molar-refractivity contribution in [1.82, 2.24) is 5.32 Å². The number of nitrogens with one attached hydrogen (secondary N) is 1. The zero-order chi connectivity index (χ0) is 16.3. The molecular formula is C18H22N2O3. The topological polar surface area (TPSA) is 73.6 Å². The molecule has 0 spiro atoms. The number of carbonyl (C=O) groups excluding carboxylic acids is 1. The van der Waals surface area contributed by atoms with E-state index in [1.807, 2.05) is 42.5 Å². The van der Waals surface area contributed by atoms with E-state index in [-0.39, 0.29) is 12.5 Å². The number of amides is 1. The van der Waals surface area contributed by atoms with Crippen LogP contribution < -0.4 is 20.5 Å². The second-order valence-corrected chi connectivity index (χ2v) is 5.03. The van der Waals surface area contributed by atoms with Crippen molar-refractivity contribution in [1.29, 1.82) is 0 Å². The molecule has 0 aliphatic carbocycles. The Kier molecular flexibility index (Phi) is 6.94. The van der Waals surface area contributed by atoms with Crippen molar-refractivity contribution >= 4 is 5.91 Å². The van der Waals surface area contributed by atoms with Crippen molar-refractivity contribution in [2.45, 2.75) is 13.0 Å². The van der Waals surface area contributed by atoms with Gasteiger partial charge in [0.25, 0.3) is 5.91 Å². The number of carbonyl (C=O) groups is 1. The number of rotatable bonds is 9. The molecule has 1 amide bonds. The number of hydrogen-bond donors (Lipinski definition) is 2. The zero-order valence-corrected chi connectivity index (χ0v) is 13.0. The highest BCUT2D eigenvalue weighted by Crippen LogP contribution is 2.18. The molecular weight excluding hydrogens is 292 g/mol. The molecule has 122 valence electrons. The monoisotopic (exact) mass is 314 g/mol. The summed E-state index contributed by atoms with van der Waals surface area (Å²) < 4.78 is 11.1. The molecule has 23 heavy (non-hydrogen) atoms. The summed E-state index contributed by atoms with van der Waals surface area (Å²) in [6, 6.07) is 17.2. The lowest BCUT2D eigenvalue weighted by atomic mass is 10.2. The summed E-state index contributed by atoms with van der Waals surface area (Å²) in [6.07, 6.45) is 0.763. The highest BCUT2D eigenvalue weighted by atomic mass is 16.5. The van der Waals surface area contributed by atoms with Crippen LogP contribution in [-0.4, -0.2) is 25.6 Å². The van der Waals surface area contributed by atoms with Crippen LogP contribution in [-0.2, 0) is 11.4 Å². The van der Waals surface area contributed by atoms with Gasteiger partial charge in [-0.2, -0.15) is 0 Å². The number of nitrogens with two attached hydrogens (primary N) is 1. The first-order valence-electron chi connectivity index (χ1n) is 7.64. The molecule has 5 heteroatoms. The standard InChI is InChI=1S/C18H22N2O3/c19-11-4-12-20-18(21)14-23-17-9-7-16(8-10-17)22-13-15-5-2-1-3-6-15/h1-3,5-10H,4,11-14,19H2,(H,20,21). The summed E-state index contributed by atoms with van der Waals surface area (Å²) in [5, 5.41) is 2.74. The Morgan fingerprint density at radius 2 is 1.61 bits per heavy atom. The van der Waals surface area contributed by atoms with E-state index in [9.17, 15) is 4.79 Å². The number of benzene rings is 2. The van der Waals surface area contributed by atoms with Crippen molar-refractivity contribution in [2.24, 2.45) is 5.73 Å². The Hall–Kier alpha value is -2.53. The first kappa shape index (κ1) is 16.8. The van der Waals surface area contributed by atoms with Gasteiger partial charge >= 0.3 is 0 Å². The Bertz CT molecular complexity index is 585. The molecule has 0 aromatic heterocycles. The molecule has 0 aliphatic heterocycles. The van der Waals surface area contributed by atoms with Crippen LogP contribution in [0.15, 0.2) is 54.6 Å². The fourth-order valence-corrected chi connectivity index (χ4v) is 1.90. The van der Waals surface area contributed by atoms with Gasteiger partial charge in [0.05, 0.1) is 0 Å². The molecule has 0 heterocycles. The van der Waals surface area contributed by atoms with E-state index in [2.05, 4.69) is 5.32 Å². The molecule has 0 saturated heterocycles. The van der Waals surface area contributed by atoms with Crippen LogP contribution in [0.25, 0.3) is 0 Å². The van der Waals surface area contributed by atoms with Gasteiger partial charge in [-0.15, -0.1) is 0 Å². The SMILES string of the molecule is NCCCNC(=O)COc1ccc(OCc2ccccc2)cc1. The van der Waals surface area contributed by atoms with Gasteiger partial charge in [0.1, 0.15) is 18.1 Å². The van der Waals surface area contributed by atoms with Crippen molar-refractivity contribution in [2.75, 3.05) is 19.7 Å². The first-order chi connectivity index (χ1) is 11.3. The van der Waals surface area contributed by atoms with Crippen LogP contribution in [0.1, 0.15) is 12.0 Å². The summed E-state index contributed by atoms with van der Waals surface area (Å²) in [7, 11) is 0. The van der Waals surface area contributed by atoms with Gasteiger partial charge in [0.2, 0.25) is 0 Å². The van der Waals surface area contributed by atoms with E-state index in [0.29, 0.717) is 25.4 Å². The van der Waals surface area contributed by atoms with E-state index < -0.39 is 0 Å². The van der Waals surface area contributed by atoms with Crippen LogP contribution in [0, 0.1) is 0 Å². The second-order valence-electron chi connectivity index (χ2n) is 5.03. The molecule has 2 aromatic rings. The van der Waals surface area contributed by atoms with E-state index in [4.69, 9.17) is 15.2 Å². The predicted molar refractivity (Wildman–Crippen MR) is 89.4 cm³/mol. The molecule has 2 rings (SSSR count). The smallest absolute Gasteiger partial charge is 0.257 e.